The van der Waals surface area contributed by atoms with Crippen LogP contribution in [0.2, 0.25) is 0 Å². The topological polar surface area (TPSA) is 81.9 Å². The molecule has 0 saturated carbocycles. The predicted octanol–water partition coefficient (Wildman–Crippen LogP) is 0.609. The average molecular weight is 247 g/mol. The van der Waals surface area contributed by atoms with Gasteiger partial charge in [0.1, 0.15) is 12.1 Å². The molecule has 0 spiro atoms. The Morgan fingerprint density at radius 2 is 2.39 bits per heavy atom. The van der Waals surface area contributed by atoms with Gasteiger partial charge in [0.15, 0.2) is 5.82 Å². The van der Waals surface area contributed by atoms with Crippen molar-refractivity contribution < 1.29 is 9.53 Å². The number of hydrogen-bond donors (Lipinski definition) is 1. The fraction of sp³-hybridized carbons (Fsp3) is 0.273. The van der Waals surface area contributed by atoms with E-state index in [-0.39, 0.29) is 5.97 Å². The Morgan fingerprint density at radius 3 is 3.06 bits per heavy atom. The Bertz CT molecular complexity index is 552. The average Bonchev–Trinajstić information content (AvgIpc) is 2.81. The Kier molecular flexibility index (Phi) is 3.52. The van der Waals surface area contributed by atoms with Gasteiger partial charge in [0.05, 0.1) is 19.2 Å². The van der Waals surface area contributed by atoms with E-state index in [0.29, 0.717) is 17.9 Å². The Labute approximate surface area is 104 Å². The van der Waals surface area contributed by atoms with E-state index in [1.165, 1.54) is 7.11 Å². The number of anilines is 1. The molecule has 0 atom stereocenters. The molecule has 0 aliphatic carbocycles. The van der Waals surface area contributed by atoms with Crippen molar-refractivity contribution in [2.24, 2.45) is 7.05 Å². The van der Waals surface area contributed by atoms with Crippen molar-refractivity contribution in [3.63, 3.8) is 0 Å². The molecule has 2 heterocycles. The number of nitrogens with one attached hydrogen (secondary N) is 1. The summed E-state index contributed by atoms with van der Waals surface area (Å²) < 4.78 is 6.44. The number of nitrogens with zero attached hydrogens (tertiary/aromatic N) is 4. The van der Waals surface area contributed by atoms with Gasteiger partial charge in [0.2, 0.25) is 0 Å². The fourth-order valence-electron chi connectivity index (χ4n) is 1.41. The van der Waals surface area contributed by atoms with Crippen LogP contribution in [0.25, 0.3) is 0 Å². The summed E-state index contributed by atoms with van der Waals surface area (Å²) in [7, 11) is 3.20. The third-order valence-corrected chi connectivity index (χ3v) is 2.41. The summed E-state index contributed by atoms with van der Waals surface area (Å²) in [5.41, 5.74) is 0.452. The number of hydrogen-bond acceptors (Lipinski definition) is 6. The molecule has 0 bridgehead atoms. The quantitative estimate of drug-likeness (QED) is 0.797. The van der Waals surface area contributed by atoms with Crippen LogP contribution in [0.3, 0.4) is 0 Å². The number of carbonyl (C=O) groups excluding carboxylic acids is 1. The Morgan fingerprint density at radius 1 is 1.56 bits per heavy atom. The highest BCUT2D eigenvalue weighted by molar-refractivity contribution is 5.89. The summed E-state index contributed by atoms with van der Waals surface area (Å²) in [6.45, 7) is 0.480. The molecule has 2 aromatic heterocycles. The molecule has 0 aliphatic rings. The van der Waals surface area contributed by atoms with Crippen LogP contribution >= 0.6 is 0 Å². The number of ether oxygens (including phenoxy) is 1. The van der Waals surface area contributed by atoms with E-state index in [9.17, 15) is 4.79 Å². The summed E-state index contributed by atoms with van der Waals surface area (Å²) >= 11 is 0. The summed E-state index contributed by atoms with van der Waals surface area (Å²) in [4.78, 5) is 15.5. The van der Waals surface area contributed by atoms with E-state index in [0.717, 1.165) is 5.82 Å². The van der Waals surface area contributed by atoms with E-state index >= 15 is 0 Å². The molecule has 1 N–H and O–H groups in total. The number of aromatic nitrogens is 4. The first kappa shape index (κ1) is 12.0. The fourth-order valence-corrected chi connectivity index (χ4v) is 1.41. The highest BCUT2D eigenvalue weighted by Gasteiger charge is 2.07. The molecule has 0 saturated heterocycles. The van der Waals surface area contributed by atoms with E-state index < -0.39 is 0 Å². The second kappa shape index (κ2) is 5.26. The number of esters is 1. The van der Waals surface area contributed by atoms with Crippen LogP contribution in [0.4, 0.5) is 5.82 Å². The number of aryl methyl sites for hydroxylation is 1. The zero-order valence-corrected chi connectivity index (χ0v) is 10.1. The third kappa shape index (κ3) is 2.62. The van der Waals surface area contributed by atoms with Crippen LogP contribution in [0.5, 0.6) is 0 Å². The molecule has 0 radical (unpaired) electrons. The van der Waals surface area contributed by atoms with Gasteiger partial charge in [-0.15, -0.1) is 10.2 Å². The molecule has 0 aliphatic heterocycles. The first-order valence-electron chi connectivity index (χ1n) is 5.32. The Balaban J connectivity index is 2.06. The minimum Gasteiger partial charge on any atom is -0.465 e. The van der Waals surface area contributed by atoms with Gasteiger partial charge in [-0.1, -0.05) is 0 Å². The van der Waals surface area contributed by atoms with Crippen molar-refractivity contribution in [1.82, 2.24) is 19.7 Å². The largest absolute Gasteiger partial charge is 0.465 e. The maximum atomic E-state index is 11.3. The lowest BCUT2D eigenvalue weighted by molar-refractivity contribution is 0.0600. The second-order valence-corrected chi connectivity index (χ2v) is 3.63. The molecule has 2 rings (SSSR count). The smallest absolute Gasteiger partial charge is 0.338 e. The van der Waals surface area contributed by atoms with Crippen molar-refractivity contribution in [2.75, 3.05) is 12.4 Å². The van der Waals surface area contributed by atoms with Gasteiger partial charge in [-0.3, -0.25) is 0 Å². The van der Waals surface area contributed by atoms with E-state index in [4.69, 9.17) is 0 Å². The standard InChI is InChI=1S/C11H13N5O2/c1-16-7-14-15-10(16)6-13-9-5-8(3-4-12-9)11(17)18-2/h3-5,7H,6H2,1-2H3,(H,12,13). The molecule has 7 nitrogen and oxygen atoms in total. The number of methoxy groups -OCH3 is 1. The summed E-state index contributed by atoms with van der Waals surface area (Å²) in [6, 6.07) is 3.22. The van der Waals surface area contributed by atoms with Crippen molar-refractivity contribution in [1.29, 1.82) is 0 Å². The van der Waals surface area contributed by atoms with Crippen LogP contribution in [0.15, 0.2) is 24.7 Å². The zero-order chi connectivity index (χ0) is 13.0. The van der Waals surface area contributed by atoms with Gasteiger partial charge in [0.25, 0.3) is 0 Å². The van der Waals surface area contributed by atoms with Crippen LogP contribution < -0.4 is 5.32 Å². The van der Waals surface area contributed by atoms with Crippen LogP contribution in [0.1, 0.15) is 16.2 Å². The maximum Gasteiger partial charge on any atom is 0.338 e. The normalized spacial score (nSPS) is 10.1. The van der Waals surface area contributed by atoms with Gasteiger partial charge in [-0.25, -0.2) is 9.78 Å². The lowest BCUT2D eigenvalue weighted by atomic mass is 10.2. The van der Waals surface area contributed by atoms with Crippen molar-refractivity contribution in [3.8, 4) is 0 Å². The minimum absolute atomic E-state index is 0.390. The predicted molar refractivity (Wildman–Crippen MR) is 63.9 cm³/mol. The molecule has 18 heavy (non-hydrogen) atoms. The van der Waals surface area contributed by atoms with Crippen molar-refractivity contribution in [3.05, 3.63) is 36.0 Å². The van der Waals surface area contributed by atoms with Crippen LogP contribution in [-0.2, 0) is 18.3 Å². The SMILES string of the molecule is COC(=O)c1ccnc(NCc2nncn2C)c1. The monoisotopic (exact) mass is 247 g/mol. The summed E-state index contributed by atoms with van der Waals surface area (Å²) in [5, 5.41) is 10.8. The molecule has 94 valence electrons. The van der Waals surface area contributed by atoms with E-state index in [1.807, 2.05) is 7.05 Å². The van der Waals surface area contributed by atoms with Gasteiger partial charge in [-0.2, -0.15) is 0 Å². The van der Waals surface area contributed by atoms with Crippen LogP contribution in [0, 0.1) is 0 Å². The number of rotatable bonds is 4. The van der Waals surface area contributed by atoms with Crippen molar-refractivity contribution >= 4 is 11.8 Å². The molecule has 0 fully saturated rings. The van der Waals surface area contributed by atoms with E-state index in [2.05, 4.69) is 25.2 Å². The lowest BCUT2D eigenvalue weighted by Crippen LogP contribution is -2.08. The third-order valence-electron chi connectivity index (χ3n) is 2.41. The zero-order valence-electron chi connectivity index (χ0n) is 10.1. The second-order valence-electron chi connectivity index (χ2n) is 3.63. The van der Waals surface area contributed by atoms with E-state index in [1.54, 1.807) is 29.2 Å². The summed E-state index contributed by atoms with van der Waals surface area (Å²) in [6.07, 6.45) is 3.17. The highest BCUT2D eigenvalue weighted by Crippen LogP contribution is 2.08. The Hall–Kier alpha value is -2.44. The summed E-state index contributed by atoms with van der Waals surface area (Å²) in [5.74, 6) is 0.972. The van der Waals surface area contributed by atoms with Gasteiger partial charge >= 0.3 is 5.97 Å². The molecule has 7 heteroatoms. The molecule has 0 unspecified atom stereocenters. The number of pyridine rings is 1. The molecular weight excluding hydrogens is 234 g/mol. The first-order chi connectivity index (χ1) is 8.70. The van der Waals surface area contributed by atoms with Gasteiger partial charge in [-0.05, 0) is 12.1 Å². The highest BCUT2D eigenvalue weighted by atomic mass is 16.5. The lowest BCUT2D eigenvalue weighted by Gasteiger charge is -2.06. The van der Waals surface area contributed by atoms with Gasteiger partial charge in [0, 0.05) is 13.2 Å². The maximum absolute atomic E-state index is 11.3. The molecule has 0 amide bonds. The first-order valence-corrected chi connectivity index (χ1v) is 5.32. The minimum atomic E-state index is -0.390. The van der Waals surface area contributed by atoms with Crippen LogP contribution in [-0.4, -0.2) is 32.8 Å². The molecular formula is C11H13N5O2. The van der Waals surface area contributed by atoms with Crippen molar-refractivity contribution in [2.45, 2.75) is 6.54 Å². The van der Waals surface area contributed by atoms with Gasteiger partial charge < -0.3 is 14.6 Å². The molecule has 0 aromatic carbocycles. The molecule has 2 aromatic rings. The number of carbonyl (C=O) groups is 1.